The molecule has 0 aliphatic rings. The smallest absolute Gasteiger partial charge is 0.269 e. The maximum atomic E-state index is 12.3. The van der Waals surface area contributed by atoms with E-state index in [9.17, 15) is 9.59 Å². The molecule has 0 aliphatic heterocycles. The molecule has 0 bridgehead atoms. The normalized spacial score (nSPS) is 10.5. The average molecular weight is 346 g/mol. The lowest BCUT2D eigenvalue weighted by Crippen LogP contribution is -2.26. The molecule has 2 aromatic rings. The highest BCUT2D eigenvalue weighted by molar-refractivity contribution is 6.30. The standard InChI is InChI=1S/C18H20ClN3O2/c1-12(2)7-9-21-18(24)16-11-13(8-10-20-16)17(23)22-15-5-3-14(19)4-6-15/h3-6,8,10-12H,7,9H2,1-2H3,(H,21,24)(H,22,23). The second-order valence-electron chi connectivity index (χ2n) is 5.83. The van der Waals surface area contributed by atoms with E-state index in [1.807, 2.05) is 0 Å². The van der Waals surface area contributed by atoms with Crippen LogP contribution in [-0.4, -0.2) is 23.3 Å². The third-order valence-corrected chi connectivity index (χ3v) is 3.62. The van der Waals surface area contributed by atoms with Gasteiger partial charge in [0.25, 0.3) is 11.8 Å². The van der Waals surface area contributed by atoms with E-state index < -0.39 is 0 Å². The highest BCUT2D eigenvalue weighted by Gasteiger charge is 2.12. The molecule has 1 heterocycles. The van der Waals surface area contributed by atoms with Gasteiger partial charge in [0.05, 0.1) is 0 Å². The molecular formula is C18H20ClN3O2. The predicted octanol–water partition coefficient (Wildman–Crippen LogP) is 3.76. The fourth-order valence-electron chi connectivity index (χ4n) is 2.00. The van der Waals surface area contributed by atoms with Gasteiger partial charge in [0, 0.05) is 29.0 Å². The summed E-state index contributed by atoms with van der Waals surface area (Å²) in [6.45, 7) is 4.76. The first kappa shape index (κ1) is 17.9. The number of rotatable bonds is 6. The Balaban J connectivity index is 2.02. The second kappa shape index (κ2) is 8.45. The molecule has 0 radical (unpaired) electrons. The number of halogens is 1. The Kier molecular flexibility index (Phi) is 6.32. The number of pyridine rings is 1. The number of hydrogen-bond acceptors (Lipinski definition) is 3. The Hall–Kier alpha value is -2.40. The van der Waals surface area contributed by atoms with Crippen molar-refractivity contribution >= 4 is 29.1 Å². The summed E-state index contributed by atoms with van der Waals surface area (Å²) in [5.74, 6) is -0.0810. The molecule has 0 fully saturated rings. The number of carbonyl (C=O) groups excluding carboxylic acids is 2. The van der Waals surface area contributed by atoms with Crippen molar-refractivity contribution in [2.75, 3.05) is 11.9 Å². The van der Waals surface area contributed by atoms with Crippen molar-refractivity contribution < 1.29 is 9.59 Å². The van der Waals surface area contributed by atoms with Crippen LogP contribution in [0, 0.1) is 5.92 Å². The molecular weight excluding hydrogens is 326 g/mol. The zero-order chi connectivity index (χ0) is 17.5. The molecule has 0 saturated carbocycles. The van der Waals surface area contributed by atoms with Crippen molar-refractivity contribution in [2.24, 2.45) is 5.92 Å². The quantitative estimate of drug-likeness (QED) is 0.837. The SMILES string of the molecule is CC(C)CCNC(=O)c1cc(C(=O)Nc2ccc(Cl)cc2)ccn1. The first-order valence-electron chi connectivity index (χ1n) is 7.77. The van der Waals surface area contributed by atoms with Crippen LogP contribution in [0.1, 0.15) is 41.1 Å². The number of amides is 2. The second-order valence-corrected chi connectivity index (χ2v) is 6.27. The minimum atomic E-state index is -0.309. The first-order valence-corrected chi connectivity index (χ1v) is 8.14. The van der Waals surface area contributed by atoms with E-state index in [1.54, 1.807) is 30.3 Å². The topological polar surface area (TPSA) is 71.1 Å². The summed E-state index contributed by atoms with van der Waals surface area (Å²) in [5.41, 5.74) is 1.22. The van der Waals surface area contributed by atoms with Crippen LogP contribution in [0.4, 0.5) is 5.69 Å². The Morgan fingerprint density at radius 1 is 1.12 bits per heavy atom. The van der Waals surface area contributed by atoms with E-state index in [1.165, 1.54) is 12.3 Å². The molecule has 126 valence electrons. The minimum absolute atomic E-state index is 0.225. The lowest BCUT2D eigenvalue weighted by molar-refractivity contribution is 0.0947. The predicted molar refractivity (Wildman–Crippen MR) is 95.4 cm³/mol. The van der Waals surface area contributed by atoms with Crippen LogP contribution in [0.3, 0.4) is 0 Å². The average Bonchev–Trinajstić information content (AvgIpc) is 2.56. The van der Waals surface area contributed by atoms with Gasteiger partial charge < -0.3 is 10.6 Å². The van der Waals surface area contributed by atoms with Crippen LogP contribution in [0.25, 0.3) is 0 Å². The van der Waals surface area contributed by atoms with E-state index in [0.717, 1.165) is 6.42 Å². The van der Waals surface area contributed by atoms with Crippen LogP contribution < -0.4 is 10.6 Å². The molecule has 2 amide bonds. The van der Waals surface area contributed by atoms with Gasteiger partial charge in [-0.1, -0.05) is 25.4 Å². The number of nitrogens with one attached hydrogen (secondary N) is 2. The van der Waals surface area contributed by atoms with Crippen molar-refractivity contribution in [3.05, 3.63) is 58.9 Å². The van der Waals surface area contributed by atoms with Crippen molar-refractivity contribution in [3.63, 3.8) is 0 Å². The maximum absolute atomic E-state index is 12.3. The van der Waals surface area contributed by atoms with Crippen LogP contribution >= 0.6 is 11.6 Å². The minimum Gasteiger partial charge on any atom is -0.351 e. The zero-order valence-electron chi connectivity index (χ0n) is 13.7. The number of anilines is 1. The number of nitrogens with zero attached hydrogens (tertiary/aromatic N) is 1. The molecule has 0 spiro atoms. The van der Waals surface area contributed by atoms with E-state index >= 15 is 0 Å². The van der Waals surface area contributed by atoms with Gasteiger partial charge in [-0.25, -0.2) is 0 Å². The highest BCUT2D eigenvalue weighted by Crippen LogP contribution is 2.14. The van der Waals surface area contributed by atoms with E-state index in [2.05, 4.69) is 29.5 Å². The third kappa shape index (κ3) is 5.35. The molecule has 0 aliphatic carbocycles. The van der Waals surface area contributed by atoms with Gasteiger partial charge in [0.15, 0.2) is 0 Å². The van der Waals surface area contributed by atoms with E-state index in [4.69, 9.17) is 11.6 Å². The molecule has 6 heteroatoms. The fraction of sp³-hybridized carbons (Fsp3) is 0.278. The summed E-state index contributed by atoms with van der Waals surface area (Å²) in [7, 11) is 0. The van der Waals surface area contributed by atoms with Gasteiger partial charge in [0.2, 0.25) is 0 Å². The summed E-state index contributed by atoms with van der Waals surface area (Å²) >= 11 is 5.82. The van der Waals surface area contributed by atoms with Gasteiger partial charge in [-0.15, -0.1) is 0 Å². The molecule has 1 aromatic heterocycles. The van der Waals surface area contributed by atoms with Crippen molar-refractivity contribution in [1.29, 1.82) is 0 Å². The summed E-state index contributed by atoms with van der Waals surface area (Å²) in [4.78, 5) is 28.4. The van der Waals surface area contributed by atoms with Crippen molar-refractivity contribution in [2.45, 2.75) is 20.3 Å². The van der Waals surface area contributed by atoms with Crippen LogP contribution in [0.5, 0.6) is 0 Å². The third-order valence-electron chi connectivity index (χ3n) is 3.36. The van der Waals surface area contributed by atoms with Gasteiger partial charge in [0.1, 0.15) is 5.69 Å². The number of hydrogen-bond donors (Lipinski definition) is 2. The monoisotopic (exact) mass is 345 g/mol. The lowest BCUT2D eigenvalue weighted by Gasteiger charge is -2.08. The largest absolute Gasteiger partial charge is 0.351 e. The zero-order valence-corrected chi connectivity index (χ0v) is 14.4. The number of aromatic nitrogens is 1. The molecule has 2 N–H and O–H groups in total. The summed E-state index contributed by atoms with van der Waals surface area (Å²) in [6, 6.07) is 9.85. The van der Waals surface area contributed by atoms with E-state index in [0.29, 0.717) is 28.7 Å². The molecule has 0 saturated heterocycles. The Labute approximate surface area is 146 Å². The molecule has 0 atom stereocenters. The fourth-order valence-corrected chi connectivity index (χ4v) is 2.12. The van der Waals surface area contributed by atoms with Crippen LogP contribution in [0.2, 0.25) is 5.02 Å². The molecule has 5 nitrogen and oxygen atoms in total. The maximum Gasteiger partial charge on any atom is 0.269 e. The van der Waals surface area contributed by atoms with Crippen molar-refractivity contribution in [1.82, 2.24) is 10.3 Å². The number of benzene rings is 1. The molecule has 0 unspecified atom stereocenters. The number of carbonyl (C=O) groups is 2. The summed E-state index contributed by atoms with van der Waals surface area (Å²) in [5, 5.41) is 6.15. The van der Waals surface area contributed by atoms with E-state index in [-0.39, 0.29) is 17.5 Å². The van der Waals surface area contributed by atoms with Crippen LogP contribution in [0.15, 0.2) is 42.6 Å². The van der Waals surface area contributed by atoms with Gasteiger partial charge in [-0.2, -0.15) is 0 Å². The lowest BCUT2D eigenvalue weighted by atomic mass is 10.1. The van der Waals surface area contributed by atoms with Crippen LogP contribution in [-0.2, 0) is 0 Å². The van der Waals surface area contributed by atoms with Crippen molar-refractivity contribution in [3.8, 4) is 0 Å². The van der Waals surface area contributed by atoms with Gasteiger partial charge in [-0.3, -0.25) is 14.6 Å². The first-order chi connectivity index (χ1) is 11.5. The summed E-state index contributed by atoms with van der Waals surface area (Å²) < 4.78 is 0. The van der Waals surface area contributed by atoms with Gasteiger partial charge >= 0.3 is 0 Å². The molecule has 24 heavy (non-hydrogen) atoms. The Morgan fingerprint density at radius 3 is 2.50 bits per heavy atom. The molecule has 2 rings (SSSR count). The van der Waals surface area contributed by atoms with Gasteiger partial charge in [-0.05, 0) is 48.7 Å². The summed E-state index contributed by atoms with van der Waals surface area (Å²) in [6.07, 6.45) is 2.34. The molecule has 1 aromatic carbocycles. The highest BCUT2D eigenvalue weighted by atomic mass is 35.5. The Bertz CT molecular complexity index is 714. The Morgan fingerprint density at radius 2 is 1.83 bits per heavy atom.